The van der Waals surface area contributed by atoms with Crippen LogP contribution in [0.3, 0.4) is 0 Å². The molecule has 1 aliphatic rings. The summed E-state index contributed by atoms with van der Waals surface area (Å²) >= 11 is 0. The Morgan fingerprint density at radius 2 is 2.06 bits per heavy atom. The van der Waals surface area contributed by atoms with Gasteiger partial charge in [0.15, 0.2) is 5.82 Å². The molecular weight excluding hydrogens is 228 g/mol. The van der Waals surface area contributed by atoms with Crippen molar-refractivity contribution in [1.29, 1.82) is 0 Å². The van der Waals surface area contributed by atoms with Crippen molar-refractivity contribution in [3.8, 4) is 0 Å². The monoisotopic (exact) mass is 250 g/mol. The van der Waals surface area contributed by atoms with Crippen molar-refractivity contribution < 1.29 is 4.74 Å². The van der Waals surface area contributed by atoms with Crippen LogP contribution < -0.4 is 10.2 Å². The minimum atomic E-state index is 0.458. The SMILES string of the molecule is CCNc1cc(N2CCCCC2)nc(COC)n1. The molecule has 0 bridgehead atoms. The van der Waals surface area contributed by atoms with Crippen LogP contribution in [0.5, 0.6) is 0 Å². The molecule has 0 radical (unpaired) electrons. The van der Waals surface area contributed by atoms with E-state index in [9.17, 15) is 0 Å². The van der Waals surface area contributed by atoms with Crippen LogP contribution in [0, 0.1) is 0 Å². The number of nitrogens with zero attached hydrogens (tertiary/aromatic N) is 3. The highest BCUT2D eigenvalue weighted by molar-refractivity contribution is 5.49. The Labute approximate surface area is 109 Å². The second kappa shape index (κ2) is 6.54. The van der Waals surface area contributed by atoms with Crippen molar-refractivity contribution in [2.24, 2.45) is 0 Å². The third-order valence-corrected chi connectivity index (χ3v) is 3.07. The van der Waals surface area contributed by atoms with Gasteiger partial charge in [0.05, 0.1) is 0 Å². The number of ether oxygens (including phenoxy) is 1. The minimum Gasteiger partial charge on any atom is -0.377 e. The van der Waals surface area contributed by atoms with Crippen molar-refractivity contribution in [1.82, 2.24) is 9.97 Å². The Bertz CT molecular complexity index is 353. The molecule has 2 rings (SSSR count). The molecule has 2 heterocycles. The van der Waals surface area contributed by atoms with Crippen LogP contribution in [-0.2, 0) is 11.3 Å². The molecule has 0 aromatic carbocycles. The molecule has 0 unspecified atom stereocenters. The zero-order chi connectivity index (χ0) is 12.8. The highest BCUT2D eigenvalue weighted by Gasteiger charge is 2.14. The number of aromatic nitrogens is 2. The number of anilines is 2. The highest BCUT2D eigenvalue weighted by Crippen LogP contribution is 2.20. The van der Waals surface area contributed by atoms with E-state index in [1.807, 2.05) is 6.07 Å². The predicted molar refractivity (Wildman–Crippen MR) is 73.0 cm³/mol. The lowest BCUT2D eigenvalue weighted by Gasteiger charge is -2.28. The molecule has 0 saturated carbocycles. The number of rotatable bonds is 5. The lowest BCUT2D eigenvalue weighted by Crippen LogP contribution is -2.30. The van der Waals surface area contributed by atoms with Gasteiger partial charge in [-0.2, -0.15) is 0 Å². The maximum absolute atomic E-state index is 5.13. The van der Waals surface area contributed by atoms with Gasteiger partial charge in [-0.25, -0.2) is 9.97 Å². The fraction of sp³-hybridized carbons (Fsp3) is 0.692. The van der Waals surface area contributed by atoms with E-state index in [0.29, 0.717) is 6.61 Å². The average Bonchev–Trinajstić information content (AvgIpc) is 2.40. The first-order valence-electron chi connectivity index (χ1n) is 6.69. The molecule has 5 nitrogen and oxygen atoms in total. The van der Waals surface area contributed by atoms with Gasteiger partial charge in [-0.1, -0.05) is 0 Å². The van der Waals surface area contributed by atoms with E-state index in [-0.39, 0.29) is 0 Å². The zero-order valence-electron chi connectivity index (χ0n) is 11.3. The van der Waals surface area contributed by atoms with Crippen molar-refractivity contribution >= 4 is 11.6 Å². The summed E-state index contributed by atoms with van der Waals surface area (Å²) in [5, 5.41) is 3.25. The summed E-state index contributed by atoms with van der Waals surface area (Å²) in [4.78, 5) is 11.4. The lowest BCUT2D eigenvalue weighted by atomic mass is 10.1. The number of nitrogens with one attached hydrogen (secondary N) is 1. The third kappa shape index (κ3) is 3.32. The number of piperidine rings is 1. The van der Waals surface area contributed by atoms with Crippen LogP contribution in [0.25, 0.3) is 0 Å². The highest BCUT2D eigenvalue weighted by atomic mass is 16.5. The molecule has 100 valence electrons. The summed E-state index contributed by atoms with van der Waals surface area (Å²) in [7, 11) is 1.67. The van der Waals surface area contributed by atoms with E-state index >= 15 is 0 Å². The van der Waals surface area contributed by atoms with Crippen LogP contribution >= 0.6 is 0 Å². The molecular formula is C13H22N4O. The molecule has 1 aromatic rings. The van der Waals surface area contributed by atoms with E-state index < -0.39 is 0 Å². The summed E-state index contributed by atoms with van der Waals surface area (Å²) in [6, 6.07) is 2.04. The molecule has 1 N–H and O–H groups in total. The normalized spacial score (nSPS) is 15.8. The number of hydrogen-bond acceptors (Lipinski definition) is 5. The fourth-order valence-corrected chi connectivity index (χ4v) is 2.23. The molecule has 1 aliphatic heterocycles. The smallest absolute Gasteiger partial charge is 0.158 e. The number of methoxy groups -OCH3 is 1. The second-order valence-corrected chi connectivity index (χ2v) is 4.54. The van der Waals surface area contributed by atoms with Gasteiger partial charge in [-0.3, -0.25) is 0 Å². The average molecular weight is 250 g/mol. The van der Waals surface area contributed by atoms with Crippen LogP contribution in [0.15, 0.2) is 6.07 Å². The molecule has 0 amide bonds. The van der Waals surface area contributed by atoms with Crippen LogP contribution in [-0.4, -0.2) is 36.7 Å². The van der Waals surface area contributed by atoms with E-state index in [0.717, 1.165) is 37.1 Å². The Morgan fingerprint density at radius 3 is 2.72 bits per heavy atom. The summed E-state index contributed by atoms with van der Waals surface area (Å²) in [6.45, 7) is 5.58. The summed E-state index contributed by atoms with van der Waals surface area (Å²) in [5.41, 5.74) is 0. The van der Waals surface area contributed by atoms with Gasteiger partial charge in [-0.15, -0.1) is 0 Å². The maximum atomic E-state index is 5.13. The zero-order valence-corrected chi connectivity index (χ0v) is 11.3. The van der Waals surface area contributed by atoms with E-state index in [1.165, 1.54) is 19.3 Å². The molecule has 18 heavy (non-hydrogen) atoms. The van der Waals surface area contributed by atoms with Gasteiger partial charge in [0, 0.05) is 32.8 Å². The van der Waals surface area contributed by atoms with E-state index in [1.54, 1.807) is 7.11 Å². The third-order valence-electron chi connectivity index (χ3n) is 3.07. The van der Waals surface area contributed by atoms with Crippen molar-refractivity contribution in [2.45, 2.75) is 32.8 Å². The minimum absolute atomic E-state index is 0.458. The summed E-state index contributed by atoms with van der Waals surface area (Å²) in [6.07, 6.45) is 3.83. The lowest BCUT2D eigenvalue weighted by molar-refractivity contribution is 0.178. The van der Waals surface area contributed by atoms with Gasteiger partial charge in [-0.05, 0) is 26.2 Å². The Kier molecular flexibility index (Phi) is 4.75. The largest absolute Gasteiger partial charge is 0.377 e. The second-order valence-electron chi connectivity index (χ2n) is 4.54. The Balaban J connectivity index is 2.20. The molecule has 1 saturated heterocycles. The van der Waals surface area contributed by atoms with Crippen LogP contribution in [0.4, 0.5) is 11.6 Å². The first kappa shape index (κ1) is 13.1. The number of hydrogen-bond donors (Lipinski definition) is 1. The van der Waals surface area contributed by atoms with E-state index in [4.69, 9.17) is 4.74 Å². The van der Waals surface area contributed by atoms with Gasteiger partial charge >= 0.3 is 0 Å². The molecule has 1 aromatic heterocycles. The molecule has 0 atom stereocenters. The predicted octanol–water partition coefficient (Wildman–Crippen LogP) is 2.05. The summed E-state index contributed by atoms with van der Waals surface area (Å²) in [5.74, 6) is 2.66. The quantitative estimate of drug-likeness (QED) is 0.866. The maximum Gasteiger partial charge on any atom is 0.158 e. The standard InChI is InChI=1S/C13H22N4O/c1-3-14-11-9-13(16-12(15-11)10-18-2)17-7-5-4-6-8-17/h9H,3-8,10H2,1-2H3,(H,14,15,16). The molecule has 0 aliphatic carbocycles. The van der Waals surface area contributed by atoms with Gasteiger partial charge in [0.2, 0.25) is 0 Å². The van der Waals surface area contributed by atoms with E-state index in [2.05, 4.69) is 27.1 Å². The van der Waals surface area contributed by atoms with Crippen molar-refractivity contribution in [3.63, 3.8) is 0 Å². The first-order chi connectivity index (χ1) is 8.83. The molecule has 5 heteroatoms. The molecule has 0 spiro atoms. The first-order valence-corrected chi connectivity index (χ1v) is 6.69. The van der Waals surface area contributed by atoms with Crippen LogP contribution in [0.2, 0.25) is 0 Å². The fourth-order valence-electron chi connectivity index (χ4n) is 2.23. The van der Waals surface area contributed by atoms with Crippen LogP contribution in [0.1, 0.15) is 32.0 Å². The Morgan fingerprint density at radius 1 is 1.28 bits per heavy atom. The van der Waals surface area contributed by atoms with Gasteiger partial charge in [0.25, 0.3) is 0 Å². The van der Waals surface area contributed by atoms with Gasteiger partial charge < -0.3 is 15.0 Å². The van der Waals surface area contributed by atoms with Gasteiger partial charge in [0.1, 0.15) is 18.2 Å². The molecule has 1 fully saturated rings. The van der Waals surface area contributed by atoms with Crippen molar-refractivity contribution in [2.75, 3.05) is 37.0 Å². The van der Waals surface area contributed by atoms with Crippen molar-refractivity contribution in [3.05, 3.63) is 11.9 Å². The summed E-state index contributed by atoms with van der Waals surface area (Å²) < 4.78 is 5.13. The topological polar surface area (TPSA) is 50.3 Å². The Hall–Kier alpha value is -1.36.